The molecule has 3 aromatic carbocycles. The molecule has 0 radical (unpaired) electrons. The molecule has 100 heavy (non-hydrogen) atoms. The van der Waals surface area contributed by atoms with Crippen LogP contribution in [0.2, 0.25) is 0 Å². The van der Waals surface area contributed by atoms with E-state index < -0.39 is 76.7 Å². The van der Waals surface area contributed by atoms with E-state index in [9.17, 15) is 52.8 Å². The molecule has 3 aliphatic carbocycles. The van der Waals surface area contributed by atoms with Gasteiger partial charge in [-0.25, -0.2) is 18.0 Å². The summed E-state index contributed by atoms with van der Waals surface area (Å²) < 4.78 is 58.9. The lowest BCUT2D eigenvalue weighted by atomic mass is 9.86. The van der Waals surface area contributed by atoms with Crippen molar-refractivity contribution in [2.45, 2.75) is 211 Å². The van der Waals surface area contributed by atoms with Crippen molar-refractivity contribution in [3.05, 3.63) is 124 Å². The first-order valence-corrected chi connectivity index (χ1v) is 36.5. The van der Waals surface area contributed by atoms with E-state index in [2.05, 4.69) is 40.3 Å². The number of ether oxygens (including phenoxy) is 6. The molecule has 542 valence electrons. The molecule has 0 unspecified atom stereocenters. The summed E-state index contributed by atoms with van der Waals surface area (Å²) in [5, 5.41) is 60.6. The summed E-state index contributed by atoms with van der Waals surface area (Å²) in [5.41, 5.74) is 6.10. The van der Waals surface area contributed by atoms with Crippen molar-refractivity contribution in [1.29, 1.82) is 0 Å². The summed E-state index contributed by atoms with van der Waals surface area (Å²) in [5.74, 6) is 17.4. The first kappa shape index (κ1) is 79.0. The lowest BCUT2D eigenvalue weighted by molar-refractivity contribution is -0.138. The minimum Gasteiger partial charge on any atom is -0.489 e. The molecule has 3 saturated carbocycles. The zero-order valence-corrected chi connectivity index (χ0v) is 59.8. The standard InChI is InChI=1S/C27H35NO6.C26H32O7.C25H33NO6S/c1-5-6-9-17(2)22(34-27(32)28(3)4)15-14-19-21(29)16-23-25(19)20-12-7-10-18(26(20)33-23)11-8-13-24(30)31;1-4-5-8-16(2)21(33-26(30)31-3)14-13-18-20(27)15-22-24(18)19-11-6-9-17(25(19)32-22)10-7-12-23(28)29;1-4-5-8-16(2)20(27)14-13-18-21(28)15-22-24(18)19-11-6-9-17(25(19)32-22)10-7-12-23(29)26-33(3,30)31/h7,10,12,14-15,17,19,21-23,25,29H,8-9,11,13,16H2,1-4H3,(H,30,31);6,9,11,13-14,16,18,20-22,24,27H,7-8,10,12,15H2,1-3H3,(H,28,29);6,9,11,13-14,16,18,20-22,24,27-28H,7-8,10,12,15H2,1-3H3,(H,26,29)/b15-14+;2*14-13+/t17-,19-,21+,22+,23-,25-;2*16-,18-,20+,21+,22-,24-/m000/s1. The van der Waals surface area contributed by atoms with E-state index in [1.807, 2.05) is 110 Å². The van der Waals surface area contributed by atoms with Crippen molar-refractivity contribution < 1.29 is 91.5 Å². The van der Waals surface area contributed by atoms with Gasteiger partial charge >= 0.3 is 24.2 Å². The summed E-state index contributed by atoms with van der Waals surface area (Å²) in [7, 11) is 1.01. The van der Waals surface area contributed by atoms with Crippen molar-refractivity contribution in [3.63, 3.8) is 0 Å². The number of nitrogens with zero attached hydrogens (tertiary/aromatic N) is 1. The molecular formula is C78H100N2O19S. The number of hydrogen-bond acceptors (Lipinski definition) is 17. The number of para-hydroxylation sites is 3. The molecular weight excluding hydrogens is 1300 g/mol. The maximum absolute atomic E-state index is 12.2. The number of carbonyl (C=O) groups is 5. The Labute approximate surface area is 589 Å². The predicted octanol–water partition coefficient (Wildman–Crippen LogP) is 10.3. The zero-order chi connectivity index (χ0) is 73.0. The number of carboxylic acids is 2. The number of methoxy groups -OCH3 is 1. The normalized spacial score (nSPS) is 24.9. The van der Waals surface area contributed by atoms with Gasteiger partial charge in [0.05, 0.1) is 37.8 Å². The van der Waals surface area contributed by atoms with Gasteiger partial charge in [0.1, 0.15) is 47.8 Å². The lowest BCUT2D eigenvalue weighted by Crippen LogP contribution is -2.30. The largest absolute Gasteiger partial charge is 0.508 e. The maximum atomic E-state index is 12.2. The second-order valence-corrected chi connectivity index (χ2v) is 28.8. The Morgan fingerprint density at radius 2 is 0.940 bits per heavy atom. The molecule has 0 bridgehead atoms. The molecule has 3 aromatic rings. The van der Waals surface area contributed by atoms with Crippen molar-refractivity contribution in [3.8, 4) is 52.8 Å². The monoisotopic (exact) mass is 1400 g/mol. The van der Waals surface area contributed by atoms with Gasteiger partial charge in [-0.15, -0.1) is 35.5 Å². The van der Waals surface area contributed by atoms with Gasteiger partial charge in [0.25, 0.3) is 0 Å². The average molecular weight is 1400 g/mol. The third kappa shape index (κ3) is 21.4. The Bertz CT molecular complexity index is 3730. The summed E-state index contributed by atoms with van der Waals surface area (Å²) in [6, 6.07) is 17.8. The molecule has 3 aliphatic heterocycles. The first-order valence-electron chi connectivity index (χ1n) is 34.6. The molecule has 7 N–H and O–H groups in total. The molecule has 9 rings (SSSR count). The van der Waals surface area contributed by atoms with Gasteiger partial charge in [-0.3, -0.25) is 19.1 Å². The third-order valence-electron chi connectivity index (χ3n) is 19.4. The highest BCUT2D eigenvalue weighted by Crippen LogP contribution is 2.55. The van der Waals surface area contributed by atoms with Crippen LogP contribution in [0.15, 0.2) is 91.1 Å². The van der Waals surface area contributed by atoms with Crippen molar-refractivity contribution in [2.24, 2.45) is 35.5 Å². The predicted molar refractivity (Wildman–Crippen MR) is 377 cm³/mol. The Hall–Kier alpha value is -8.30. The number of fused-ring (bicyclic) bond motifs is 9. The van der Waals surface area contributed by atoms with E-state index in [1.54, 1.807) is 40.9 Å². The SMILES string of the molecule is CC#CC[C@H](C)[C@@H](/C=C/[C@@H]1[C@H]2c3cccc(CCCC(=O)O)c3O[C@H]2C[C@H]1O)OC(=O)N(C)C.CC#CC[C@H](C)[C@@H](/C=C/[C@@H]1[C@H]2c3cccc(CCCC(=O)O)c3O[C@H]2C[C@H]1O)OC(=O)OC.CC#CC[C@H](C)[C@H](O)/C=C/[C@@H]1[C@H]2c3cccc(CCCC(=O)NS(C)(=O)=O)c3O[C@H]2C[C@H]1O. The Morgan fingerprint density at radius 1 is 0.580 bits per heavy atom. The van der Waals surface area contributed by atoms with Crippen LogP contribution in [0, 0.1) is 71.0 Å². The highest BCUT2D eigenvalue weighted by atomic mass is 32.2. The van der Waals surface area contributed by atoms with Gasteiger partial charge in [-0.2, -0.15) is 0 Å². The van der Waals surface area contributed by atoms with Crippen LogP contribution < -0.4 is 18.9 Å². The minimum atomic E-state index is -3.55. The van der Waals surface area contributed by atoms with Gasteiger partial charge in [0.2, 0.25) is 15.9 Å². The Morgan fingerprint density at radius 3 is 1.29 bits per heavy atom. The molecule has 0 saturated heterocycles. The number of aliphatic hydroxyl groups excluding tert-OH is 4. The lowest BCUT2D eigenvalue weighted by Gasteiger charge is -2.23. The number of aliphatic carboxylic acids is 2. The van der Waals surface area contributed by atoms with E-state index in [4.69, 9.17) is 33.9 Å². The molecule has 6 aliphatic rings. The van der Waals surface area contributed by atoms with E-state index in [-0.39, 0.29) is 90.8 Å². The van der Waals surface area contributed by atoms with E-state index in [0.717, 1.165) is 56.9 Å². The second kappa shape index (κ2) is 37.4. The smallest absolute Gasteiger partial charge is 0.489 e. The van der Waals surface area contributed by atoms with Crippen molar-refractivity contribution in [2.75, 3.05) is 27.5 Å². The third-order valence-corrected chi connectivity index (χ3v) is 20.0. The highest BCUT2D eigenvalue weighted by molar-refractivity contribution is 7.89. The molecule has 0 aromatic heterocycles. The Balaban J connectivity index is 0.000000211. The molecule has 3 fully saturated rings. The summed E-state index contributed by atoms with van der Waals surface area (Å²) in [4.78, 5) is 58.9. The average Bonchev–Trinajstić information content (AvgIpc) is 1.61. The van der Waals surface area contributed by atoms with Crippen LogP contribution in [0.4, 0.5) is 9.59 Å². The van der Waals surface area contributed by atoms with Crippen LogP contribution in [-0.4, -0.2) is 156 Å². The van der Waals surface area contributed by atoms with Crippen molar-refractivity contribution in [1.82, 2.24) is 9.62 Å². The quantitative estimate of drug-likeness (QED) is 0.0212. The van der Waals surface area contributed by atoms with Crippen LogP contribution >= 0.6 is 0 Å². The van der Waals surface area contributed by atoms with Gasteiger partial charge in [-0.1, -0.05) is 99.7 Å². The van der Waals surface area contributed by atoms with Gasteiger partial charge < -0.3 is 64.0 Å². The summed E-state index contributed by atoms with van der Waals surface area (Å²) >= 11 is 0. The first-order chi connectivity index (χ1) is 47.7. The fraction of sp³-hybridized carbons (Fsp3) is 0.551. The molecule has 0 spiro atoms. The number of benzene rings is 3. The number of rotatable bonds is 27. The van der Waals surface area contributed by atoms with Crippen LogP contribution in [0.25, 0.3) is 0 Å². The minimum absolute atomic E-state index is 0.00153. The van der Waals surface area contributed by atoms with Gasteiger partial charge in [0.15, 0.2) is 0 Å². The highest BCUT2D eigenvalue weighted by Gasteiger charge is 2.52. The number of carbonyl (C=O) groups excluding carboxylic acids is 3. The number of sulfonamides is 1. The summed E-state index contributed by atoms with van der Waals surface area (Å²) in [6.45, 7) is 11.2. The second-order valence-electron chi connectivity index (χ2n) is 27.1. The van der Waals surface area contributed by atoms with E-state index in [0.29, 0.717) is 77.0 Å². The number of aryl methyl sites for hydroxylation is 3. The van der Waals surface area contributed by atoms with E-state index >= 15 is 0 Å². The van der Waals surface area contributed by atoms with E-state index in [1.165, 1.54) is 12.0 Å². The van der Waals surface area contributed by atoms with Crippen molar-refractivity contribution >= 4 is 40.1 Å². The zero-order valence-electron chi connectivity index (χ0n) is 59.0. The molecule has 18 atom stereocenters. The van der Waals surface area contributed by atoms with Crippen LogP contribution in [0.1, 0.15) is 170 Å². The number of amides is 2. The molecule has 2 amide bonds. The van der Waals surface area contributed by atoms with Gasteiger partial charge in [0, 0.05) is 136 Å². The number of nitrogens with one attached hydrogen (secondary N) is 1. The van der Waals surface area contributed by atoms with Gasteiger partial charge in [-0.05, 0) is 94.1 Å². The molecule has 21 nitrogen and oxygen atoms in total. The fourth-order valence-electron chi connectivity index (χ4n) is 14.2. The molecule has 22 heteroatoms. The topological polar surface area (TPSA) is 312 Å². The number of carboxylic acid groups (broad SMARTS) is 2. The fourth-order valence-corrected chi connectivity index (χ4v) is 14.7. The maximum Gasteiger partial charge on any atom is 0.508 e. The van der Waals surface area contributed by atoms with Crippen LogP contribution in [-0.2, 0) is 57.9 Å². The summed E-state index contributed by atoms with van der Waals surface area (Å²) in [6.07, 6.45) is 14.4. The van der Waals surface area contributed by atoms with Crippen LogP contribution in [0.3, 0.4) is 0 Å². The molecule has 3 heterocycles. The van der Waals surface area contributed by atoms with Crippen LogP contribution in [0.5, 0.6) is 17.2 Å². The Kier molecular flexibility index (Phi) is 29.6. The number of hydrogen-bond donors (Lipinski definition) is 7. The number of aliphatic hydroxyl groups is 4.